The van der Waals surface area contributed by atoms with Crippen LogP contribution < -0.4 is 9.47 Å². The van der Waals surface area contributed by atoms with Crippen molar-refractivity contribution < 1.29 is 9.47 Å². The molecule has 1 aromatic carbocycles. The molecular formula is C13H12BrNO2. The minimum Gasteiger partial charge on any atom is -0.496 e. The van der Waals surface area contributed by atoms with E-state index in [1.807, 2.05) is 30.3 Å². The first-order valence-electron chi connectivity index (χ1n) is 5.09. The summed E-state index contributed by atoms with van der Waals surface area (Å²) in [6.07, 6.45) is 1.75. The van der Waals surface area contributed by atoms with Crippen molar-refractivity contribution in [3.8, 4) is 22.8 Å². The quantitative estimate of drug-likeness (QED) is 0.868. The van der Waals surface area contributed by atoms with Crippen molar-refractivity contribution in [2.24, 2.45) is 0 Å². The monoisotopic (exact) mass is 293 g/mol. The van der Waals surface area contributed by atoms with E-state index < -0.39 is 0 Å². The predicted octanol–water partition coefficient (Wildman–Crippen LogP) is 3.53. The molecule has 0 bridgehead atoms. The zero-order chi connectivity index (χ0) is 12.3. The number of hydrogen-bond donors (Lipinski definition) is 0. The smallest absolute Gasteiger partial charge is 0.146 e. The summed E-state index contributed by atoms with van der Waals surface area (Å²) in [7, 11) is 3.26. The highest BCUT2D eigenvalue weighted by Gasteiger charge is 2.16. The maximum atomic E-state index is 5.41. The van der Waals surface area contributed by atoms with Gasteiger partial charge in [0.15, 0.2) is 0 Å². The molecule has 0 radical (unpaired) electrons. The summed E-state index contributed by atoms with van der Waals surface area (Å²) in [4.78, 5) is 4.33. The normalized spacial score (nSPS) is 10.1. The van der Waals surface area contributed by atoms with Crippen molar-refractivity contribution in [1.29, 1.82) is 0 Å². The molecule has 3 nitrogen and oxygen atoms in total. The summed E-state index contributed by atoms with van der Waals surface area (Å²) >= 11 is 3.46. The lowest BCUT2D eigenvalue weighted by Crippen LogP contribution is -1.95. The Bertz CT molecular complexity index is 514. The summed E-state index contributed by atoms with van der Waals surface area (Å²) in [5, 5.41) is 0. The molecule has 2 aromatic rings. The summed E-state index contributed by atoms with van der Waals surface area (Å²) in [5.74, 6) is 1.46. The molecule has 88 valence electrons. The van der Waals surface area contributed by atoms with E-state index in [1.54, 1.807) is 20.4 Å². The van der Waals surface area contributed by atoms with Gasteiger partial charge in [0, 0.05) is 6.20 Å². The van der Waals surface area contributed by atoms with E-state index in [-0.39, 0.29) is 0 Å². The molecule has 0 fully saturated rings. The molecule has 0 atom stereocenters. The summed E-state index contributed by atoms with van der Waals surface area (Å²) in [6, 6.07) is 9.51. The van der Waals surface area contributed by atoms with Crippen molar-refractivity contribution in [2.75, 3.05) is 14.2 Å². The highest BCUT2D eigenvalue weighted by Crippen LogP contribution is 2.41. The van der Waals surface area contributed by atoms with Gasteiger partial charge in [-0.3, -0.25) is 4.98 Å². The van der Waals surface area contributed by atoms with E-state index in [9.17, 15) is 0 Å². The van der Waals surface area contributed by atoms with Crippen LogP contribution in [0.2, 0.25) is 0 Å². The second-order valence-electron chi connectivity index (χ2n) is 3.37. The van der Waals surface area contributed by atoms with E-state index in [4.69, 9.17) is 9.47 Å². The van der Waals surface area contributed by atoms with Crippen molar-refractivity contribution in [1.82, 2.24) is 4.98 Å². The lowest BCUT2D eigenvalue weighted by molar-refractivity contribution is 0.395. The fourth-order valence-corrected chi connectivity index (χ4v) is 2.15. The molecule has 4 heteroatoms. The van der Waals surface area contributed by atoms with Crippen molar-refractivity contribution in [2.45, 2.75) is 0 Å². The van der Waals surface area contributed by atoms with E-state index in [0.717, 1.165) is 27.2 Å². The number of rotatable bonds is 3. The van der Waals surface area contributed by atoms with Gasteiger partial charge in [0.2, 0.25) is 0 Å². The van der Waals surface area contributed by atoms with Crippen molar-refractivity contribution in [3.05, 3.63) is 41.0 Å². The lowest BCUT2D eigenvalue weighted by atomic mass is 10.1. The van der Waals surface area contributed by atoms with Crippen LogP contribution in [0, 0.1) is 0 Å². The SMILES string of the molecule is COc1ccc(Br)c(OC)c1-c1ccccn1. The third-order valence-electron chi connectivity index (χ3n) is 2.42. The molecule has 0 aliphatic carbocycles. The molecule has 1 heterocycles. The lowest BCUT2D eigenvalue weighted by Gasteiger charge is -2.13. The first-order valence-corrected chi connectivity index (χ1v) is 5.89. The molecule has 0 saturated heterocycles. The number of benzene rings is 1. The van der Waals surface area contributed by atoms with Crippen LogP contribution in [0.4, 0.5) is 0 Å². The molecule has 0 amide bonds. The zero-order valence-electron chi connectivity index (χ0n) is 9.61. The van der Waals surface area contributed by atoms with Crippen LogP contribution in [0.5, 0.6) is 11.5 Å². The molecule has 0 saturated carbocycles. The Labute approximate surface area is 109 Å². The van der Waals surface area contributed by atoms with E-state index >= 15 is 0 Å². The first kappa shape index (κ1) is 11.9. The number of methoxy groups -OCH3 is 2. The predicted molar refractivity (Wildman–Crippen MR) is 70.5 cm³/mol. The van der Waals surface area contributed by atoms with Crippen LogP contribution in [0.3, 0.4) is 0 Å². The number of hydrogen-bond acceptors (Lipinski definition) is 3. The van der Waals surface area contributed by atoms with Gasteiger partial charge in [-0.1, -0.05) is 6.07 Å². The minimum atomic E-state index is 0.725. The second kappa shape index (κ2) is 5.19. The number of halogens is 1. The Balaban J connectivity index is 2.69. The largest absolute Gasteiger partial charge is 0.496 e. The van der Waals surface area contributed by atoms with Gasteiger partial charge in [0.1, 0.15) is 11.5 Å². The molecule has 0 spiro atoms. The van der Waals surface area contributed by atoms with E-state index in [0.29, 0.717) is 0 Å². The molecule has 0 aliphatic heterocycles. The molecular weight excluding hydrogens is 282 g/mol. The maximum Gasteiger partial charge on any atom is 0.146 e. The minimum absolute atomic E-state index is 0.725. The summed E-state index contributed by atoms with van der Waals surface area (Å²) in [5.41, 5.74) is 1.67. The average Bonchev–Trinajstić information content (AvgIpc) is 2.39. The molecule has 17 heavy (non-hydrogen) atoms. The van der Waals surface area contributed by atoms with Gasteiger partial charge in [-0.05, 0) is 40.2 Å². The van der Waals surface area contributed by atoms with Crippen LogP contribution >= 0.6 is 15.9 Å². The van der Waals surface area contributed by atoms with Gasteiger partial charge in [-0.15, -0.1) is 0 Å². The number of ether oxygens (including phenoxy) is 2. The van der Waals surface area contributed by atoms with Gasteiger partial charge >= 0.3 is 0 Å². The fourth-order valence-electron chi connectivity index (χ4n) is 1.66. The van der Waals surface area contributed by atoms with E-state index in [1.165, 1.54) is 0 Å². The van der Waals surface area contributed by atoms with Crippen LogP contribution in [0.15, 0.2) is 41.0 Å². The number of nitrogens with zero attached hydrogens (tertiary/aromatic N) is 1. The van der Waals surface area contributed by atoms with Crippen molar-refractivity contribution >= 4 is 15.9 Å². The molecule has 0 unspecified atom stereocenters. The second-order valence-corrected chi connectivity index (χ2v) is 4.23. The molecule has 2 rings (SSSR count). The van der Waals surface area contributed by atoms with Crippen LogP contribution in [-0.2, 0) is 0 Å². The highest BCUT2D eigenvalue weighted by molar-refractivity contribution is 9.10. The third-order valence-corrected chi connectivity index (χ3v) is 3.04. The van der Waals surface area contributed by atoms with Crippen LogP contribution in [0.1, 0.15) is 0 Å². The summed E-state index contributed by atoms with van der Waals surface area (Å²) in [6.45, 7) is 0. The Hall–Kier alpha value is -1.55. The Morgan fingerprint density at radius 3 is 2.47 bits per heavy atom. The molecule has 0 N–H and O–H groups in total. The zero-order valence-corrected chi connectivity index (χ0v) is 11.2. The highest BCUT2D eigenvalue weighted by atomic mass is 79.9. The van der Waals surface area contributed by atoms with Gasteiger partial charge in [-0.25, -0.2) is 0 Å². The maximum absolute atomic E-state index is 5.41. The first-order chi connectivity index (χ1) is 8.27. The topological polar surface area (TPSA) is 31.4 Å². The Kier molecular flexibility index (Phi) is 3.64. The average molecular weight is 294 g/mol. The molecule has 0 aliphatic rings. The third kappa shape index (κ3) is 2.26. The van der Waals surface area contributed by atoms with Crippen LogP contribution in [-0.4, -0.2) is 19.2 Å². The van der Waals surface area contributed by atoms with E-state index in [2.05, 4.69) is 20.9 Å². The van der Waals surface area contributed by atoms with Gasteiger partial charge in [-0.2, -0.15) is 0 Å². The van der Waals surface area contributed by atoms with Crippen molar-refractivity contribution in [3.63, 3.8) is 0 Å². The van der Waals surface area contributed by atoms with Gasteiger partial charge in [0.25, 0.3) is 0 Å². The summed E-state index contributed by atoms with van der Waals surface area (Å²) < 4.78 is 11.6. The van der Waals surface area contributed by atoms with Gasteiger partial charge in [0.05, 0.1) is 29.9 Å². The Morgan fingerprint density at radius 1 is 1.06 bits per heavy atom. The Morgan fingerprint density at radius 2 is 1.88 bits per heavy atom. The fraction of sp³-hybridized carbons (Fsp3) is 0.154. The number of pyridine rings is 1. The van der Waals surface area contributed by atoms with Crippen LogP contribution in [0.25, 0.3) is 11.3 Å². The molecule has 1 aromatic heterocycles. The standard InChI is InChI=1S/C13H12BrNO2/c1-16-11-7-6-9(14)13(17-2)12(11)10-5-3-4-8-15-10/h3-8H,1-2H3. The number of aromatic nitrogens is 1. The van der Waals surface area contributed by atoms with Gasteiger partial charge < -0.3 is 9.47 Å².